The van der Waals surface area contributed by atoms with Gasteiger partial charge in [-0.15, -0.1) is 6.42 Å². The molecule has 1 saturated carbocycles. The lowest BCUT2D eigenvalue weighted by atomic mass is 9.97. The van der Waals surface area contributed by atoms with Gasteiger partial charge in [0.2, 0.25) is 5.91 Å². The number of nitrogens with zero attached hydrogens (tertiary/aromatic N) is 4. The van der Waals surface area contributed by atoms with Crippen LogP contribution in [0.1, 0.15) is 62.8 Å². The molecule has 292 valence electrons. The maximum atomic E-state index is 13.5. The minimum atomic E-state index is -1.13. The number of aromatic amines is 2. The van der Waals surface area contributed by atoms with Gasteiger partial charge in [-0.05, 0) is 84.5 Å². The van der Waals surface area contributed by atoms with E-state index >= 15 is 0 Å². The van der Waals surface area contributed by atoms with Crippen molar-refractivity contribution in [1.82, 2.24) is 40.4 Å². The van der Waals surface area contributed by atoms with Gasteiger partial charge < -0.3 is 34.6 Å². The quantitative estimate of drug-likeness (QED) is 0.130. The number of fused-ring (bicyclic) bond motifs is 3. The van der Waals surface area contributed by atoms with E-state index in [1.54, 1.807) is 18.0 Å². The minimum absolute atomic E-state index is 0.129. The normalized spacial score (nSPS) is 20.9. The summed E-state index contributed by atoms with van der Waals surface area (Å²) in [6.07, 6.45) is 12.2. The number of methoxy groups -OCH3 is 2. The molecule has 5 aromatic rings. The van der Waals surface area contributed by atoms with Gasteiger partial charge >= 0.3 is 12.2 Å². The molecule has 3 aromatic carbocycles. The van der Waals surface area contributed by atoms with Crippen molar-refractivity contribution in [3.8, 4) is 46.0 Å². The zero-order chi connectivity index (χ0) is 39.8. The molecule has 3 fully saturated rings. The number of carbonyl (C=O) groups is 4. The highest BCUT2D eigenvalue weighted by Gasteiger charge is 2.50. The average Bonchev–Trinajstić information content (AvgIpc) is 4.10. The summed E-state index contributed by atoms with van der Waals surface area (Å²) in [5, 5.41) is 7.22. The van der Waals surface area contributed by atoms with Crippen LogP contribution < -0.4 is 10.6 Å². The first-order valence-electron chi connectivity index (χ1n) is 19.2. The van der Waals surface area contributed by atoms with E-state index < -0.39 is 24.3 Å². The van der Waals surface area contributed by atoms with Gasteiger partial charge in [0.1, 0.15) is 17.7 Å². The molecular weight excluding hydrogens is 725 g/mol. The summed E-state index contributed by atoms with van der Waals surface area (Å²) in [6.45, 7) is 2.20. The zero-order valence-corrected chi connectivity index (χ0v) is 32.0. The molecule has 1 aliphatic carbocycles. The first-order chi connectivity index (χ1) is 27.6. The van der Waals surface area contributed by atoms with Crippen molar-refractivity contribution in [2.45, 2.75) is 69.2 Å². The number of nitrogens with one attached hydrogen (secondary N) is 4. The Morgan fingerprint density at radius 1 is 0.789 bits per heavy atom. The van der Waals surface area contributed by atoms with Crippen LogP contribution in [0, 0.1) is 18.3 Å². The summed E-state index contributed by atoms with van der Waals surface area (Å²) in [5.74, 6) is 3.60. The predicted molar refractivity (Wildman–Crippen MR) is 212 cm³/mol. The van der Waals surface area contributed by atoms with Crippen molar-refractivity contribution in [3.05, 3.63) is 84.7 Å². The van der Waals surface area contributed by atoms with Crippen molar-refractivity contribution < 1.29 is 28.7 Å². The Labute approximate surface area is 329 Å². The van der Waals surface area contributed by atoms with E-state index in [0.717, 1.165) is 82.3 Å². The van der Waals surface area contributed by atoms with Gasteiger partial charge in [0.15, 0.2) is 6.04 Å². The molecule has 3 aliphatic rings. The minimum Gasteiger partial charge on any atom is -0.453 e. The van der Waals surface area contributed by atoms with Crippen LogP contribution >= 0.6 is 0 Å². The molecule has 6 atom stereocenters. The number of benzene rings is 3. The van der Waals surface area contributed by atoms with Crippen LogP contribution in [-0.4, -0.2) is 92.6 Å². The Hall–Kier alpha value is -6.62. The zero-order valence-electron chi connectivity index (χ0n) is 32.0. The highest BCUT2D eigenvalue weighted by molar-refractivity contribution is 5.91. The number of likely N-dealkylation sites (tertiary alicyclic amines) is 2. The van der Waals surface area contributed by atoms with Crippen LogP contribution in [0.5, 0.6) is 0 Å². The van der Waals surface area contributed by atoms with Crippen molar-refractivity contribution in [2.24, 2.45) is 5.92 Å². The number of imidazole rings is 2. The smallest absolute Gasteiger partial charge is 0.408 e. The molecule has 14 nitrogen and oxygen atoms in total. The second-order valence-electron chi connectivity index (χ2n) is 14.9. The van der Waals surface area contributed by atoms with Gasteiger partial charge in [0.25, 0.3) is 5.91 Å². The van der Waals surface area contributed by atoms with Crippen LogP contribution in [0.2, 0.25) is 0 Å². The van der Waals surface area contributed by atoms with Crippen molar-refractivity contribution in [1.29, 1.82) is 0 Å². The van der Waals surface area contributed by atoms with Gasteiger partial charge in [0.05, 0.1) is 50.1 Å². The molecule has 57 heavy (non-hydrogen) atoms. The number of H-pyrrole nitrogens is 2. The number of piperidine rings is 1. The topological polar surface area (TPSA) is 175 Å². The Kier molecular flexibility index (Phi) is 10.1. The Morgan fingerprint density at radius 3 is 2.12 bits per heavy atom. The standard InChI is InChI=1S/C43H44N8O6/c1-5-33(49-43(55)57-4)41(53)50-18-6-7-36(50)38-44-22-34(47-38)26-10-8-25(9-11-26)27-12-13-29-20-30(15-14-28(29)19-27)35-23-45-39(48-35)37-31-16-17-32(21-31)51(37)40(52)24(2)46-42(54)56-3/h1,8-15,19-20,22-24,31-33,36-37H,6-7,16-18,21H2,2-4H3,(H,44,47)(H,45,48)(H,46,54)(H,49,55). The molecule has 2 saturated heterocycles. The van der Waals surface area contributed by atoms with Crippen LogP contribution in [0.3, 0.4) is 0 Å². The van der Waals surface area contributed by atoms with E-state index in [4.69, 9.17) is 16.1 Å². The molecular formula is C43H44N8O6. The first-order valence-corrected chi connectivity index (χ1v) is 19.2. The number of ether oxygens (including phenoxy) is 2. The van der Waals surface area contributed by atoms with Crippen LogP contribution in [-0.2, 0) is 19.1 Å². The summed E-state index contributed by atoms with van der Waals surface area (Å²) in [7, 11) is 2.50. The summed E-state index contributed by atoms with van der Waals surface area (Å²) < 4.78 is 9.33. The predicted octanol–water partition coefficient (Wildman–Crippen LogP) is 6.10. The van der Waals surface area contributed by atoms with E-state index in [1.165, 1.54) is 14.2 Å². The molecule has 0 radical (unpaired) electrons. The molecule has 0 spiro atoms. The van der Waals surface area contributed by atoms with Crippen molar-refractivity contribution >= 4 is 34.8 Å². The number of terminal acetylenes is 1. The number of aromatic nitrogens is 4. The highest BCUT2D eigenvalue weighted by atomic mass is 16.5. The van der Waals surface area contributed by atoms with Gasteiger partial charge in [-0.1, -0.05) is 54.5 Å². The fourth-order valence-corrected chi connectivity index (χ4v) is 8.73. The number of hydrogen-bond donors (Lipinski definition) is 4. The maximum absolute atomic E-state index is 13.5. The molecule has 4 N–H and O–H groups in total. The van der Waals surface area contributed by atoms with Crippen LogP contribution in [0.15, 0.2) is 73.1 Å². The summed E-state index contributed by atoms with van der Waals surface area (Å²) in [6, 6.07) is 18.8. The van der Waals surface area contributed by atoms with Crippen molar-refractivity contribution in [3.63, 3.8) is 0 Å². The number of hydrogen-bond acceptors (Lipinski definition) is 8. The van der Waals surface area contributed by atoms with E-state index in [1.807, 2.05) is 23.2 Å². The molecule has 2 aromatic heterocycles. The lowest BCUT2D eigenvalue weighted by Crippen LogP contribution is -2.50. The van der Waals surface area contributed by atoms with Crippen LogP contribution in [0.4, 0.5) is 9.59 Å². The number of rotatable bonds is 9. The second-order valence-corrected chi connectivity index (χ2v) is 14.9. The van der Waals surface area contributed by atoms with Gasteiger partial charge in [0, 0.05) is 18.2 Å². The third-order valence-electron chi connectivity index (χ3n) is 11.6. The summed E-state index contributed by atoms with van der Waals surface area (Å²) >= 11 is 0. The Balaban J connectivity index is 0.950. The number of amides is 4. The van der Waals surface area contributed by atoms with E-state index in [2.05, 4.69) is 84.8 Å². The molecule has 2 aliphatic heterocycles. The van der Waals surface area contributed by atoms with Crippen LogP contribution in [0.25, 0.3) is 44.4 Å². The monoisotopic (exact) mass is 768 g/mol. The molecule has 8 rings (SSSR count). The fourth-order valence-electron chi connectivity index (χ4n) is 8.73. The Morgan fingerprint density at radius 2 is 1.40 bits per heavy atom. The maximum Gasteiger partial charge on any atom is 0.408 e. The number of alkyl carbamates (subject to hydrolysis) is 2. The van der Waals surface area contributed by atoms with Gasteiger partial charge in [-0.3, -0.25) is 14.9 Å². The van der Waals surface area contributed by atoms with Crippen molar-refractivity contribution in [2.75, 3.05) is 20.8 Å². The first kappa shape index (κ1) is 37.3. The number of carbonyl (C=O) groups excluding carboxylic acids is 4. The highest BCUT2D eigenvalue weighted by Crippen LogP contribution is 2.50. The van der Waals surface area contributed by atoms with E-state index in [9.17, 15) is 19.2 Å². The fraction of sp³-hybridized carbons (Fsp3) is 0.349. The second kappa shape index (κ2) is 15.5. The molecule has 2 bridgehead atoms. The molecule has 4 amide bonds. The molecule has 14 heteroatoms. The SMILES string of the molecule is C#CC(NC(=O)OC)C(=O)N1CCCC1c1ncc(-c2ccc(-c3ccc4cc(-c5cnc(C6C7CCC(C7)N6C(=O)C(C)NC(=O)OC)[nH]5)ccc4c3)cc2)[nH]1. The van der Waals surface area contributed by atoms with E-state index in [0.29, 0.717) is 18.3 Å². The molecule has 6 unspecified atom stereocenters. The lowest BCUT2D eigenvalue weighted by molar-refractivity contribution is -0.137. The Bertz CT molecular complexity index is 2380. The molecule has 4 heterocycles. The van der Waals surface area contributed by atoms with Gasteiger partial charge in [-0.25, -0.2) is 19.6 Å². The third-order valence-corrected chi connectivity index (χ3v) is 11.6. The van der Waals surface area contributed by atoms with Gasteiger partial charge in [-0.2, -0.15) is 0 Å². The largest absolute Gasteiger partial charge is 0.453 e. The van der Waals surface area contributed by atoms with E-state index in [-0.39, 0.29) is 29.9 Å². The average molecular weight is 769 g/mol. The lowest BCUT2D eigenvalue weighted by Gasteiger charge is -2.36. The third kappa shape index (κ3) is 7.17. The summed E-state index contributed by atoms with van der Waals surface area (Å²) in [5.41, 5.74) is 5.81. The summed E-state index contributed by atoms with van der Waals surface area (Å²) in [4.78, 5) is 70.2.